The number of benzene rings is 1. The van der Waals surface area contributed by atoms with Crippen LogP contribution in [0.15, 0.2) is 17.0 Å². The van der Waals surface area contributed by atoms with Crippen molar-refractivity contribution in [3.8, 4) is 6.07 Å². The van der Waals surface area contributed by atoms with Gasteiger partial charge in [-0.25, -0.2) is 8.42 Å². The van der Waals surface area contributed by atoms with Crippen molar-refractivity contribution in [1.82, 2.24) is 0 Å². The highest BCUT2D eigenvalue weighted by Crippen LogP contribution is 2.27. The monoisotopic (exact) mass is 264 g/mol. The van der Waals surface area contributed by atoms with Crippen molar-refractivity contribution < 1.29 is 8.42 Å². The average Bonchev–Trinajstić information content (AvgIpc) is 2.15. The Hall–Kier alpha value is -0.800. The second kappa shape index (κ2) is 4.37. The van der Waals surface area contributed by atoms with E-state index >= 15 is 0 Å². The summed E-state index contributed by atoms with van der Waals surface area (Å²) in [4.78, 5) is -0.212. The highest BCUT2D eigenvalue weighted by molar-refractivity contribution is 8.13. The molecular formula is C8H6Cl2N2O2S. The van der Waals surface area contributed by atoms with Gasteiger partial charge >= 0.3 is 0 Å². The predicted octanol–water partition coefficient (Wildman–Crippen LogP) is 1.60. The summed E-state index contributed by atoms with van der Waals surface area (Å²) in [6.45, 7) is -0.0637. The van der Waals surface area contributed by atoms with E-state index in [1.54, 1.807) is 6.07 Å². The van der Waals surface area contributed by atoms with Crippen LogP contribution in [-0.4, -0.2) is 8.42 Å². The van der Waals surface area contributed by atoms with Crippen LogP contribution in [0.25, 0.3) is 0 Å². The van der Waals surface area contributed by atoms with Crippen LogP contribution >= 0.6 is 22.3 Å². The van der Waals surface area contributed by atoms with E-state index in [-0.39, 0.29) is 27.6 Å². The second-order valence-corrected chi connectivity index (χ2v) is 5.63. The fourth-order valence-corrected chi connectivity index (χ4v) is 2.61. The molecule has 0 amide bonds. The van der Waals surface area contributed by atoms with Gasteiger partial charge < -0.3 is 5.73 Å². The predicted molar refractivity (Wildman–Crippen MR) is 57.1 cm³/mol. The first kappa shape index (κ1) is 12.3. The van der Waals surface area contributed by atoms with E-state index in [2.05, 4.69) is 0 Å². The lowest BCUT2D eigenvalue weighted by molar-refractivity contribution is 0.608. The molecule has 1 aromatic carbocycles. The van der Waals surface area contributed by atoms with E-state index in [4.69, 9.17) is 33.3 Å². The van der Waals surface area contributed by atoms with Gasteiger partial charge in [0, 0.05) is 27.8 Å². The lowest BCUT2D eigenvalue weighted by Crippen LogP contribution is -2.05. The number of nitrogens with zero attached hydrogens (tertiary/aromatic N) is 1. The number of hydrogen-bond donors (Lipinski definition) is 1. The van der Waals surface area contributed by atoms with E-state index in [1.165, 1.54) is 6.07 Å². The van der Waals surface area contributed by atoms with Crippen molar-refractivity contribution in [1.29, 1.82) is 5.26 Å². The molecule has 0 saturated heterocycles. The van der Waals surface area contributed by atoms with Gasteiger partial charge in [0.25, 0.3) is 9.05 Å². The largest absolute Gasteiger partial charge is 0.326 e. The standard InChI is InChI=1S/C8H6Cl2N2O2S/c9-7-1-5(3-11)2-8(6(7)4-12)15(10,13)14/h1-2H,4,12H2. The molecule has 80 valence electrons. The van der Waals surface area contributed by atoms with Gasteiger partial charge in [-0.15, -0.1) is 0 Å². The Kier molecular flexibility index (Phi) is 3.58. The molecule has 0 aliphatic heterocycles. The molecule has 0 unspecified atom stereocenters. The molecule has 0 atom stereocenters. The molecule has 2 N–H and O–H groups in total. The maximum atomic E-state index is 11.2. The van der Waals surface area contributed by atoms with Crippen LogP contribution in [0, 0.1) is 11.3 Å². The number of halogens is 2. The van der Waals surface area contributed by atoms with Crippen molar-refractivity contribution in [2.75, 3.05) is 0 Å². The average molecular weight is 265 g/mol. The van der Waals surface area contributed by atoms with Crippen molar-refractivity contribution in [2.45, 2.75) is 11.4 Å². The minimum absolute atomic E-state index is 0.0637. The Morgan fingerprint density at radius 2 is 2.07 bits per heavy atom. The fraction of sp³-hybridized carbons (Fsp3) is 0.125. The Balaban J connectivity index is 3.63. The van der Waals surface area contributed by atoms with E-state index in [1.807, 2.05) is 0 Å². The zero-order valence-electron chi connectivity index (χ0n) is 7.37. The van der Waals surface area contributed by atoms with Gasteiger partial charge in [-0.3, -0.25) is 0 Å². The van der Waals surface area contributed by atoms with Gasteiger partial charge in [-0.05, 0) is 12.1 Å². The summed E-state index contributed by atoms with van der Waals surface area (Å²) in [5.74, 6) is 0. The van der Waals surface area contributed by atoms with Crippen LogP contribution < -0.4 is 5.73 Å². The second-order valence-electron chi connectivity index (χ2n) is 2.69. The summed E-state index contributed by atoms with van der Waals surface area (Å²) in [5.41, 5.74) is 5.68. The zero-order chi connectivity index (χ0) is 11.6. The molecule has 0 aliphatic rings. The smallest absolute Gasteiger partial charge is 0.261 e. The normalized spacial score (nSPS) is 11.1. The maximum absolute atomic E-state index is 11.2. The van der Waals surface area contributed by atoms with Gasteiger partial charge in [0.1, 0.15) is 0 Å². The van der Waals surface area contributed by atoms with Gasteiger partial charge in [-0.1, -0.05) is 11.6 Å². The van der Waals surface area contributed by atoms with Gasteiger partial charge in [-0.2, -0.15) is 5.26 Å². The molecule has 0 heterocycles. The quantitative estimate of drug-likeness (QED) is 0.823. The molecular weight excluding hydrogens is 259 g/mol. The first-order chi connectivity index (χ1) is 6.90. The van der Waals surface area contributed by atoms with E-state index in [0.717, 1.165) is 6.07 Å². The summed E-state index contributed by atoms with van der Waals surface area (Å²) in [7, 11) is 1.25. The van der Waals surface area contributed by atoms with E-state index in [0.29, 0.717) is 0 Å². The minimum atomic E-state index is -3.94. The number of rotatable bonds is 2. The third-order valence-electron chi connectivity index (χ3n) is 1.75. The molecule has 0 radical (unpaired) electrons. The van der Waals surface area contributed by atoms with Crippen molar-refractivity contribution >= 4 is 31.3 Å². The van der Waals surface area contributed by atoms with E-state index in [9.17, 15) is 8.42 Å². The van der Waals surface area contributed by atoms with Crippen LogP contribution in [0.1, 0.15) is 11.1 Å². The van der Waals surface area contributed by atoms with Crippen LogP contribution in [-0.2, 0) is 15.6 Å². The maximum Gasteiger partial charge on any atom is 0.261 e. The SMILES string of the molecule is N#Cc1cc(Cl)c(CN)c(S(=O)(=O)Cl)c1. The van der Waals surface area contributed by atoms with Crippen LogP contribution in [0.4, 0.5) is 0 Å². The van der Waals surface area contributed by atoms with Crippen molar-refractivity contribution in [2.24, 2.45) is 5.73 Å². The molecule has 1 aromatic rings. The lowest BCUT2D eigenvalue weighted by atomic mass is 10.1. The third-order valence-corrected chi connectivity index (χ3v) is 3.48. The molecule has 0 bridgehead atoms. The van der Waals surface area contributed by atoms with Gasteiger partial charge in [0.2, 0.25) is 0 Å². The van der Waals surface area contributed by atoms with Crippen molar-refractivity contribution in [3.05, 3.63) is 28.3 Å². The van der Waals surface area contributed by atoms with Crippen LogP contribution in [0.3, 0.4) is 0 Å². The van der Waals surface area contributed by atoms with Crippen molar-refractivity contribution in [3.63, 3.8) is 0 Å². The highest BCUT2D eigenvalue weighted by atomic mass is 35.7. The summed E-state index contributed by atoms with van der Waals surface area (Å²) in [6.07, 6.45) is 0. The fourth-order valence-electron chi connectivity index (χ4n) is 1.09. The Bertz CT molecular complexity index is 534. The zero-order valence-corrected chi connectivity index (χ0v) is 9.70. The summed E-state index contributed by atoms with van der Waals surface area (Å²) >= 11 is 5.77. The Labute approximate surface area is 96.6 Å². The molecule has 0 aromatic heterocycles. The van der Waals surface area contributed by atoms with Crippen LogP contribution in [0.2, 0.25) is 5.02 Å². The summed E-state index contributed by atoms with van der Waals surface area (Å²) < 4.78 is 22.3. The van der Waals surface area contributed by atoms with Gasteiger partial charge in [0.15, 0.2) is 0 Å². The molecule has 15 heavy (non-hydrogen) atoms. The highest BCUT2D eigenvalue weighted by Gasteiger charge is 2.18. The Morgan fingerprint density at radius 3 is 2.47 bits per heavy atom. The third kappa shape index (κ3) is 2.61. The number of hydrogen-bond acceptors (Lipinski definition) is 4. The molecule has 1 rings (SSSR count). The first-order valence-corrected chi connectivity index (χ1v) is 6.46. The first-order valence-electron chi connectivity index (χ1n) is 3.77. The Morgan fingerprint density at radius 1 is 1.47 bits per heavy atom. The minimum Gasteiger partial charge on any atom is -0.326 e. The number of nitrogens with two attached hydrogens (primary N) is 1. The van der Waals surface area contributed by atoms with E-state index < -0.39 is 9.05 Å². The molecule has 4 nitrogen and oxygen atoms in total. The molecule has 0 saturated carbocycles. The molecule has 7 heteroatoms. The molecule has 0 fully saturated rings. The van der Waals surface area contributed by atoms with Gasteiger partial charge in [0.05, 0.1) is 16.5 Å². The molecule has 0 aliphatic carbocycles. The topological polar surface area (TPSA) is 83.9 Å². The molecule has 0 spiro atoms. The summed E-state index contributed by atoms with van der Waals surface area (Å²) in [5, 5.41) is 8.76. The van der Waals surface area contributed by atoms with Crippen LogP contribution in [0.5, 0.6) is 0 Å². The lowest BCUT2D eigenvalue weighted by Gasteiger charge is -2.07. The number of nitriles is 1. The summed E-state index contributed by atoms with van der Waals surface area (Å²) in [6, 6.07) is 4.28.